The van der Waals surface area contributed by atoms with Gasteiger partial charge in [0.25, 0.3) is 0 Å². The van der Waals surface area contributed by atoms with Crippen LogP contribution < -0.4 is 4.90 Å². The van der Waals surface area contributed by atoms with Crippen molar-refractivity contribution >= 4 is 34.2 Å². The SMILES string of the molecule is CC(C)c1cccc(F)c1-c1c(Cl)cc2c(N3CCN(C(=O)C4CCCC4)CC3)ncnc2c1F. The Bertz CT molecular complexity index is 1270. The fourth-order valence-corrected chi connectivity index (χ4v) is 5.74. The number of hydrogen-bond donors (Lipinski definition) is 0. The van der Waals surface area contributed by atoms with Gasteiger partial charge < -0.3 is 9.80 Å². The number of rotatable bonds is 4. The first-order chi connectivity index (χ1) is 16.9. The van der Waals surface area contributed by atoms with Gasteiger partial charge in [0.2, 0.25) is 5.91 Å². The Hall–Kier alpha value is -2.80. The fourth-order valence-electron chi connectivity index (χ4n) is 5.45. The van der Waals surface area contributed by atoms with Gasteiger partial charge in [-0.15, -0.1) is 0 Å². The summed E-state index contributed by atoms with van der Waals surface area (Å²) in [6.07, 6.45) is 5.55. The maximum atomic E-state index is 15.9. The maximum Gasteiger partial charge on any atom is 0.225 e. The highest BCUT2D eigenvalue weighted by atomic mass is 35.5. The molecule has 184 valence electrons. The number of fused-ring (bicyclic) bond motifs is 1. The molecule has 0 atom stereocenters. The highest BCUT2D eigenvalue weighted by Crippen LogP contribution is 2.41. The van der Waals surface area contributed by atoms with Crippen molar-refractivity contribution in [3.05, 3.63) is 52.8 Å². The van der Waals surface area contributed by atoms with E-state index in [4.69, 9.17) is 11.6 Å². The quantitative estimate of drug-likeness (QED) is 0.430. The van der Waals surface area contributed by atoms with Crippen LogP contribution in [0.4, 0.5) is 14.6 Å². The molecule has 0 radical (unpaired) electrons. The molecule has 0 N–H and O–H groups in total. The normalized spacial score (nSPS) is 17.1. The average molecular weight is 499 g/mol. The van der Waals surface area contributed by atoms with Crippen LogP contribution in [-0.4, -0.2) is 47.0 Å². The second-order valence-electron chi connectivity index (χ2n) is 9.79. The number of piperazine rings is 1. The van der Waals surface area contributed by atoms with Crippen molar-refractivity contribution in [3.63, 3.8) is 0 Å². The molecule has 5 rings (SSSR count). The van der Waals surface area contributed by atoms with Crippen molar-refractivity contribution in [1.82, 2.24) is 14.9 Å². The Morgan fingerprint density at radius 1 is 1.06 bits per heavy atom. The summed E-state index contributed by atoms with van der Waals surface area (Å²) in [6.45, 7) is 6.25. The summed E-state index contributed by atoms with van der Waals surface area (Å²) in [4.78, 5) is 25.4. The Morgan fingerprint density at radius 3 is 2.46 bits per heavy atom. The number of amides is 1. The summed E-state index contributed by atoms with van der Waals surface area (Å²) < 4.78 is 30.9. The molecule has 1 aromatic heterocycles. The minimum atomic E-state index is -0.654. The molecule has 1 aliphatic carbocycles. The van der Waals surface area contributed by atoms with Crippen LogP contribution >= 0.6 is 11.6 Å². The van der Waals surface area contributed by atoms with E-state index in [1.807, 2.05) is 23.6 Å². The third-order valence-electron chi connectivity index (χ3n) is 7.31. The zero-order valence-electron chi connectivity index (χ0n) is 20.0. The van der Waals surface area contributed by atoms with Crippen LogP contribution in [0.3, 0.4) is 0 Å². The van der Waals surface area contributed by atoms with Crippen LogP contribution in [0.1, 0.15) is 51.0 Å². The van der Waals surface area contributed by atoms with Gasteiger partial charge >= 0.3 is 0 Å². The standard InChI is InChI=1S/C27H29ClF2N4O/c1-16(2)18-8-5-9-21(29)22(18)23-20(28)14-19-25(24(23)30)31-15-32-26(19)33-10-12-34(13-11-33)27(35)17-6-3-4-7-17/h5,8-9,14-17H,3-4,6-7,10-13H2,1-2H3. The lowest BCUT2D eigenvalue weighted by Crippen LogP contribution is -2.50. The zero-order valence-corrected chi connectivity index (χ0v) is 20.8. The highest BCUT2D eigenvalue weighted by molar-refractivity contribution is 6.34. The van der Waals surface area contributed by atoms with Gasteiger partial charge in [0, 0.05) is 48.6 Å². The molecule has 0 unspecified atom stereocenters. The number of carbonyl (C=O) groups is 1. The smallest absolute Gasteiger partial charge is 0.225 e. The monoisotopic (exact) mass is 498 g/mol. The van der Waals surface area contributed by atoms with Gasteiger partial charge in [0.1, 0.15) is 23.5 Å². The van der Waals surface area contributed by atoms with Gasteiger partial charge in [-0.25, -0.2) is 18.7 Å². The summed E-state index contributed by atoms with van der Waals surface area (Å²) in [7, 11) is 0. The number of nitrogens with zero attached hydrogens (tertiary/aromatic N) is 4. The van der Waals surface area contributed by atoms with Crippen LogP contribution in [0.2, 0.25) is 5.02 Å². The summed E-state index contributed by atoms with van der Waals surface area (Å²) in [5, 5.41) is 0.602. The molecule has 2 aliphatic rings. The molecule has 35 heavy (non-hydrogen) atoms. The molecule has 1 saturated carbocycles. The molecule has 0 spiro atoms. The van der Waals surface area contributed by atoms with E-state index in [0.29, 0.717) is 42.9 Å². The molecule has 2 heterocycles. The van der Waals surface area contributed by atoms with Crippen LogP contribution in [0.5, 0.6) is 0 Å². The van der Waals surface area contributed by atoms with Crippen molar-refractivity contribution < 1.29 is 13.6 Å². The third-order valence-corrected chi connectivity index (χ3v) is 7.61. The lowest BCUT2D eigenvalue weighted by Gasteiger charge is -2.37. The van der Waals surface area contributed by atoms with E-state index in [-0.39, 0.29) is 39.4 Å². The molecular formula is C27H29ClF2N4O. The summed E-state index contributed by atoms with van der Waals surface area (Å²) in [5.74, 6) is -0.211. The van der Waals surface area contributed by atoms with Crippen LogP contribution in [-0.2, 0) is 4.79 Å². The first-order valence-electron chi connectivity index (χ1n) is 12.3. The second-order valence-corrected chi connectivity index (χ2v) is 10.2. The lowest BCUT2D eigenvalue weighted by atomic mass is 9.91. The summed E-state index contributed by atoms with van der Waals surface area (Å²) >= 11 is 6.61. The van der Waals surface area contributed by atoms with Crippen LogP contribution in [0.15, 0.2) is 30.6 Å². The molecule has 2 aromatic carbocycles. The van der Waals surface area contributed by atoms with E-state index < -0.39 is 11.6 Å². The van der Waals surface area contributed by atoms with E-state index in [9.17, 15) is 9.18 Å². The summed E-state index contributed by atoms with van der Waals surface area (Å²) in [5.41, 5.74) is 0.989. The van der Waals surface area contributed by atoms with Crippen molar-refractivity contribution in [2.45, 2.75) is 45.4 Å². The second kappa shape index (κ2) is 9.69. The number of anilines is 1. The van der Waals surface area contributed by atoms with E-state index >= 15 is 4.39 Å². The van der Waals surface area contributed by atoms with E-state index in [0.717, 1.165) is 25.7 Å². The predicted octanol–water partition coefficient (Wildman–Crippen LogP) is 6.19. The molecule has 1 saturated heterocycles. The Balaban J connectivity index is 1.49. The van der Waals surface area contributed by atoms with Crippen LogP contribution in [0, 0.1) is 17.6 Å². The van der Waals surface area contributed by atoms with Crippen molar-refractivity contribution in [1.29, 1.82) is 0 Å². The first-order valence-corrected chi connectivity index (χ1v) is 12.7. The minimum Gasteiger partial charge on any atom is -0.352 e. The van der Waals surface area contributed by atoms with Crippen molar-refractivity contribution in [3.8, 4) is 11.1 Å². The van der Waals surface area contributed by atoms with Gasteiger partial charge in [0.15, 0.2) is 5.82 Å². The number of carbonyl (C=O) groups excluding carboxylic acids is 1. The largest absolute Gasteiger partial charge is 0.352 e. The van der Waals surface area contributed by atoms with Crippen LogP contribution in [0.25, 0.3) is 22.0 Å². The predicted molar refractivity (Wildman–Crippen MR) is 135 cm³/mol. The Kier molecular flexibility index (Phi) is 6.62. The zero-order chi connectivity index (χ0) is 24.7. The van der Waals surface area contributed by atoms with Gasteiger partial charge in [-0.2, -0.15) is 0 Å². The summed E-state index contributed by atoms with van der Waals surface area (Å²) in [6, 6.07) is 6.37. The third kappa shape index (κ3) is 4.35. The van der Waals surface area contributed by atoms with E-state index in [1.54, 1.807) is 18.2 Å². The van der Waals surface area contributed by atoms with E-state index in [1.165, 1.54) is 12.4 Å². The Labute approximate surface area is 209 Å². The highest BCUT2D eigenvalue weighted by Gasteiger charge is 2.31. The number of aromatic nitrogens is 2. The molecule has 1 amide bonds. The first kappa shape index (κ1) is 23.9. The Morgan fingerprint density at radius 2 is 1.77 bits per heavy atom. The number of hydrogen-bond acceptors (Lipinski definition) is 4. The molecule has 0 bridgehead atoms. The average Bonchev–Trinajstić information content (AvgIpc) is 3.39. The van der Waals surface area contributed by atoms with Gasteiger partial charge in [-0.05, 0) is 36.5 Å². The molecule has 2 fully saturated rings. The van der Waals surface area contributed by atoms with Crippen molar-refractivity contribution in [2.75, 3.05) is 31.1 Å². The molecule has 3 aromatic rings. The number of benzene rings is 2. The molecule has 1 aliphatic heterocycles. The lowest BCUT2D eigenvalue weighted by molar-refractivity contribution is -0.135. The van der Waals surface area contributed by atoms with E-state index in [2.05, 4.69) is 9.97 Å². The molecule has 8 heteroatoms. The van der Waals surface area contributed by atoms with Crippen molar-refractivity contribution in [2.24, 2.45) is 5.92 Å². The molecule has 5 nitrogen and oxygen atoms in total. The molecular weight excluding hydrogens is 470 g/mol. The fraction of sp³-hybridized carbons (Fsp3) is 0.444. The maximum absolute atomic E-state index is 15.9. The van der Waals surface area contributed by atoms with Gasteiger partial charge in [-0.1, -0.05) is 50.4 Å². The number of halogens is 3. The van der Waals surface area contributed by atoms with Gasteiger partial charge in [0.05, 0.1) is 5.02 Å². The van der Waals surface area contributed by atoms with Gasteiger partial charge in [-0.3, -0.25) is 4.79 Å². The topological polar surface area (TPSA) is 49.3 Å². The minimum absolute atomic E-state index is 0.0175.